The molecule has 0 aromatic heterocycles. The Kier molecular flexibility index (Phi) is 6.76. The minimum atomic E-state index is -4.45. The molecule has 0 atom stereocenters. The van der Waals surface area contributed by atoms with Crippen molar-refractivity contribution in [3.8, 4) is 0 Å². The number of urea groups is 1. The van der Waals surface area contributed by atoms with Crippen LogP contribution in [-0.4, -0.2) is 59.4 Å². The lowest BCUT2D eigenvalue weighted by Gasteiger charge is -2.43. The van der Waals surface area contributed by atoms with Crippen molar-refractivity contribution in [2.45, 2.75) is 50.7 Å². The molecule has 3 rings (SSSR count). The number of hydrogen-bond acceptors (Lipinski definition) is 3. The van der Waals surface area contributed by atoms with Gasteiger partial charge in [-0.25, -0.2) is 4.79 Å². The molecule has 1 aliphatic heterocycles. The zero-order chi connectivity index (χ0) is 22.6. The van der Waals surface area contributed by atoms with Crippen molar-refractivity contribution in [1.29, 1.82) is 0 Å². The topological polar surface area (TPSA) is 81.8 Å². The predicted molar refractivity (Wildman–Crippen MR) is 108 cm³/mol. The van der Waals surface area contributed by atoms with E-state index in [1.807, 2.05) is 0 Å². The lowest BCUT2D eigenvalue weighted by atomic mass is 9.80. The van der Waals surface area contributed by atoms with Crippen LogP contribution >= 0.6 is 0 Å². The van der Waals surface area contributed by atoms with E-state index < -0.39 is 23.3 Å². The summed E-state index contributed by atoms with van der Waals surface area (Å²) in [5.41, 5.74) is -1.65. The van der Waals surface area contributed by atoms with Gasteiger partial charge in [0.25, 0.3) is 0 Å². The largest absolute Gasteiger partial charge is 0.416 e. The first kappa shape index (κ1) is 22.9. The molecule has 1 aromatic carbocycles. The summed E-state index contributed by atoms with van der Waals surface area (Å²) in [6, 6.07) is 3.52. The van der Waals surface area contributed by atoms with Gasteiger partial charge in [0.2, 0.25) is 11.8 Å². The summed E-state index contributed by atoms with van der Waals surface area (Å²) in [6.07, 6.45) is -0.904. The van der Waals surface area contributed by atoms with Crippen LogP contribution in [0.3, 0.4) is 0 Å². The number of alkyl halides is 3. The van der Waals surface area contributed by atoms with E-state index in [9.17, 15) is 27.6 Å². The van der Waals surface area contributed by atoms with Crippen molar-refractivity contribution in [2.75, 3.05) is 31.5 Å². The fraction of sp³-hybridized carbons (Fsp3) is 0.571. The second-order valence-electron chi connectivity index (χ2n) is 8.10. The maximum Gasteiger partial charge on any atom is 0.416 e. The SMILES string of the molecule is CC(=O)N1CCN(C(=O)C2(NC(=O)Nc3ccc(C(F)(F)F)cc3)CCCCC2)CC1. The molecular formula is C21H27F3N4O3. The zero-order valence-electron chi connectivity index (χ0n) is 17.4. The number of halogens is 3. The van der Waals surface area contributed by atoms with E-state index in [1.165, 1.54) is 19.1 Å². The Labute approximate surface area is 178 Å². The number of carbonyl (C=O) groups excluding carboxylic acids is 3. The van der Waals surface area contributed by atoms with Gasteiger partial charge >= 0.3 is 12.2 Å². The van der Waals surface area contributed by atoms with Gasteiger partial charge in [-0.05, 0) is 37.1 Å². The Balaban J connectivity index is 1.67. The minimum Gasteiger partial charge on any atom is -0.339 e. The molecule has 7 nitrogen and oxygen atoms in total. The monoisotopic (exact) mass is 440 g/mol. The summed E-state index contributed by atoms with van der Waals surface area (Å²) < 4.78 is 38.1. The molecule has 1 saturated heterocycles. The number of anilines is 1. The Bertz CT molecular complexity index is 812. The number of hydrogen-bond donors (Lipinski definition) is 2. The molecular weight excluding hydrogens is 413 g/mol. The summed E-state index contributed by atoms with van der Waals surface area (Å²) in [6.45, 7) is 3.21. The quantitative estimate of drug-likeness (QED) is 0.757. The molecule has 10 heteroatoms. The smallest absolute Gasteiger partial charge is 0.339 e. The number of rotatable bonds is 3. The molecule has 0 bridgehead atoms. The molecule has 1 saturated carbocycles. The van der Waals surface area contributed by atoms with Gasteiger partial charge in [0.15, 0.2) is 0 Å². The van der Waals surface area contributed by atoms with Crippen LogP contribution in [0.15, 0.2) is 24.3 Å². The first-order valence-electron chi connectivity index (χ1n) is 10.4. The molecule has 2 aliphatic rings. The van der Waals surface area contributed by atoms with E-state index >= 15 is 0 Å². The van der Waals surface area contributed by atoms with Gasteiger partial charge < -0.3 is 20.4 Å². The summed E-state index contributed by atoms with van der Waals surface area (Å²) in [5.74, 6) is -0.202. The molecule has 0 unspecified atom stereocenters. The second kappa shape index (κ2) is 9.15. The van der Waals surface area contributed by atoms with Gasteiger partial charge in [0, 0.05) is 38.8 Å². The van der Waals surface area contributed by atoms with Gasteiger partial charge in [0.05, 0.1) is 5.56 Å². The summed E-state index contributed by atoms with van der Waals surface area (Å²) in [5, 5.41) is 5.34. The first-order valence-corrected chi connectivity index (χ1v) is 10.4. The Morgan fingerprint density at radius 1 is 0.903 bits per heavy atom. The van der Waals surface area contributed by atoms with Gasteiger partial charge in [-0.3, -0.25) is 9.59 Å². The predicted octanol–water partition coefficient (Wildman–Crippen LogP) is 3.22. The summed E-state index contributed by atoms with van der Waals surface area (Å²) in [4.78, 5) is 40.9. The molecule has 1 aliphatic carbocycles. The molecule has 2 fully saturated rings. The van der Waals surface area contributed by atoms with Crippen molar-refractivity contribution >= 4 is 23.5 Å². The van der Waals surface area contributed by atoms with Crippen molar-refractivity contribution in [3.05, 3.63) is 29.8 Å². The molecule has 170 valence electrons. The summed E-state index contributed by atoms with van der Waals surface area (Å²) >= 11 is 0. The zero-order valence-corrected chi connectivity index (χ0v) is 17.4. The van der Waals surface area contributed by atoms with Crippen molar-refractivity contribution in [3.63, 3.8) is 0 Å². The van der Waals surface area contributed by atoms with Gasteiger partial charge in [-0.15, -0.1) is 0 Å². The average Bonchev–Trinajstić information content (AvgIpc) is 2.73. The highest BCUT2D eigenvalue weighted by Gasteiger charge is 2.44. The number of benzene rings is 1. The molecule has 31 heavy (non-hydrogen) atoms. The van der Waals surface area contributed by atoms with E-state index in [0.29, 0.717) is 39.0 Å². The normalized spacial score (nSPS) is 19.0. The molecule has 1 aromatic rings. The minimum absolute atomic E-state index is 0.0338. The molecule has 2 N–H and O–H groups in total. The number of amides is 4. The van der Waals surface area contributed by atoms with Crippen molar-refractivity contribution < 1.29 is 27.6 Å². The first-order chi connectivity index (χ1) is 14.6. The van der Waals surface area contributed by atoms with Crippen LogP contribution in [0.5, 0.6) is 0 Å². The van der Waals surface area contributed by atoms with Crippen molar-refractivity contribution in [1.82, 2.24) is 15.1 Å². The third-order valence-corrected chi connectivity index (χ3v) is 5.95. The fourth-order valence-corrected chi connectivity index (χ4v) is 4.20. The standard InChI is InChI=1S/C21H27F3N4O3/c1-15(29)27-11-13-28(14-12-27)18(30)20(9-3-2-4-10-20)26-19(31)25-17-7-5-16(6-8-17)21(22,23)24/h5-8H,2-4,9-14H2,1H3,(H2,25,26,31). The van der Waals surface area contributed by atoms with Gasteiger partial charge in [-0.1, -0.05) is 19.3 Å². The highest BCUT2D eigenvalue weighted by Crippen LogP contribution is 2.32. The van der Waals surface area contributed by atoms with Crippen LogP contribution in [0, 0.1) is 0 Å². The highest BCUT2D eigenvalue weighted by molar-refractivity contribution is 5.96. The Morgan fingerprint density at radius 2 is 1.45 bits per heavy atom. The van der Waals surface area contributed by atoms with Gasteiger partial charge in [-0.2, -0.15) is 13.2 Å². The van der Waals surface area contributed by atoms with Crippen LogP contribution in [-0.2, 0) is 15.8 Å². The Hall–Kier alpha value is -2.78. The van der Waals surface area contributed by atoms with Crippen LogP contribution in [0.25, 0.3) is 0 Å². The van der Waals surface area contributed by atoms with E-state index in [0.717, 1.165) is 31.4 Å². The van der Waals surface area contributed by atoms with Crippen LogP contribution in [0.1, 0.15) is 44.6 Å². The third kappa shape index (κ3) is 5.48. The molecule has 1 heterocycles. The number of carbonyl (C=O) groups is 3. The fourth-order valence-electron chi connectivity index (χ4n) is 4.20. The van der Waals surface area contributed by atoms with Crippen LogP contribution in [0.4, 0.5) is 23.7 Å². The number of nitrogens with one attached hydrogen (secondary N) is 2. The van der Waals surface area contributed by atoms with Crippen LogP contribution < -0.4 is 10.6 Å². The van der Waals surface area contributed by atoms with Gasteiger partial charge in [0.1, 0.15) is 5.54 Å². The highest BCUT2D eigenvalue weighted by atomic mass is 19.4. The summed E-state index contributed by atoms with van der Waals surface area (Å²) in [7, 11) is 0. The number of nitrogens with zero attached hydrogens (tertiary/aromatic N) is 2. The van der Waals surface area contributed by atoms with E-state index in [1.54, 1.807) is 9.80 Å². The lowest BCUT2D eigenvalue weighted by molar-refractivity contribution is -0.144. The van der Waals surface area contributed by atoms with E-state index in [-0.39, 0.29) is 17.5 Å². The maximum absolute atomic E-state index is 13.3. The third-order valence-electron chi connectivity index (χ3n) is 5.95. The van der Waals surface area contributed by atoms with Crippen LogP contribution in [0.2, 0.25) is 0 Å². The van der Waals surface area contributed by atoms with E-state index in [2.05, 4.69) is 10.6 Å². The molecule has 0 spiro atoms. The van der Waals surface area contributed by atoms with Crippen molar-refractivity contribution in [2.24, 2.45) is 0 Å². The second-order valence-corrected chi connectivity index (χ2v) is 8.10. The molecule has 4 amide bonds. The number of piperazine rings is 1. The lowest BCUT2D eigenvalue weighted by Crippen LogP contribution is -2.63. The molecule has 0 radical (unpaired) electrons. The maximum atomic E-state index is 13.3. The Morgan fingerprint density at radius 3 is 1.97 bits per heavy atom. The average molecular weight is 440 g/mol. The van der Waals surface area contributed by atoms with E-state index in [4.69, 9.17) is 0 Å².